The van der Waals surface area contributed by atoms with Gasteiger partial charge in [0.05, 0.1) is 12.2 Å². The smallest absolute Gasteiger partial charge is 0.341 e. The number of rotatable bonds is 6. The Kier molecular flexibility index (Phi) is 5.28. The molecule has 126 valence electrons. The number of carbonyl (C=O) groups excluding carboxylic acids is 1. The average Bonchev–Trinajstić information content (AvgIpc) is 2.90. The number of aliphatic hydroxyl groups excluding tert-OH is 2. The molecule has 0 amide bonds. The molecule has 2 fully saturated rings. The zero-order valence-electron chi connectivity index (χ0n) is 13.5. The number of hydrogen-bond acceptors (Lipinski definition) is 4. The molecule has 2 rings (SSSR count). The molecule has 2 aliphatic rings. The Morgan fingerprint density at radius 2 is 2.18 bits per heavy atom. The van der Waals surface area contributed by atoms with E-state index in [1.54, 1.807) is 12.2 Å². The Morgan fingerprint density at radius 1 is 1.50 bits per heavy atom. The summed E-state index contributed by atoms with van der Waals surface area (Å²) in [5.41, 5.74) is -0.271. The lowest BCUT2D eigenvalue weighted by Gasteiger charge is -2.29. The minimum Gasteiger partial charge on any atom is -0.460 e. The van der Waals surface area contributed by atoms with Gasteiger partial charge >= 0.3 is 5.97 Å². The third-order valence-corrected chi connectivity index (χ3v) is 5.11. The summed E-state index contributed by atoms with van der Waals surface area (Å²) < 4.78 is 18.9. The molecule has 2 N–H and O–H groups in total. The molecule has 0 aromatic rings. The van der Waals surface area contributed by atoms with Crippen LogP contribution in [0.15, 0.2) is 12.2 Å². The predicted molar refractivity (Wildman–Crippen MR) is 80.8 cm³/mol. The summed E-state index contributed by atoms with van der Waals surface area (Å²) in [6.45, 7) is 6.09. The molecule has 22 heavy (non-hydrogen) atoms. The van der Waals surface area contributed by atoms with Crippen molar-refractivity contribution < 1.29 is 24.1 Å². The van der Waals surface area contributed by atoms with Crippen LogP contribution in [0, 0.1) is 17.3 Å². The Labute approximate surface area is 131 Å². The molecule has 0 radical (unpaired) electrons. The van der Waals surface area contributed by atoms with Crippen molar-refractivity contribution in [3.63, 3.8) is 0 Å². The van der Waals surface area contributed by atoms with E-state index in [9.17, 15) is 19.4 Å². The number of carbonyl (C=O) groups is 1. The lowest BCUT2D eigenvalue weighted by Crippen LogP contribution is -2.29. The first-order valence-corrected chi connectivity index (χ1v) is 8.17. The fourth-order valence-corrected chi connectivity index (χ4v) is 3.47. The van der Waals surface area contributed by atoms with Crippen molar-refractivity contribution in [1.29, 1.82) is 0 Å². The van der Waals surface area contributed by atoms with Crippen LogP contribution < -0.4 is 0 Å². The predicted octanol–water partition coefficient (Wildman–Crippen LogP) is 2.38. The van der Waals surface area contributed by atoms with Gasteiger partial charge in [-0.3, -0.25) is 0 Å². The molecule has 6 atom stereocenters. The van der Waals surface area contributed by atoms with Gasteiger partial charge < -0.3 is 14.9 Å². The number of esters is 1. The summed E-state index contributed by atoms with van der Waals surface area (Å²) in [5.74, 6) is -1.95. The van der Waals surface area contributed by atoms with E-state index in [1.807, 2.05) is 13.8 Å². The van der Waals surface area contributed by atoms with Crippen LogP contribution in [-0.4, -0.2) is 40.7 Å². The second-order valence-corrected chi connectivity index (χ2v) is 7.26. The fraction of sp³-hybridized carbons (Fsp3) is 0.824. The van der Waals surface area contributed by atoms with Crippen LogP contribution in [0.1, 0.15) is 46.5 Å². The summed E-state index contributed by atoms with van der Waals surface area (Å²) in [5, 5.41) is 20.4. The maximum atomic E-state index is 13.9. The highest BCUT2D eigenvalue weighted by Gasteiger charge is 2.55. The van der Waals surface area contributed by atoms with Crippen LogP contribution in [0.2, 0.25) is 0 Å². The minimum absolute atomic E-state index is 0.265. The van der Waals surface area contributed by atoms with Crippen molar-refractivity contribution in [1.82, 2.24) is 0 Å². The van der Waals surface area contributed by atoms with Gasteiger partial charge in [0.25, 0.3) is 0 Å². The third kappa shape index (κ3) is 3.35. The molecular weight excluding hydrogens is 287 g/mol. The lowest BCUT2D eigenvalue weighted by molar-refractivity contribution is -0.145. The van der Waals surface area contributed by atoms with Gasteiger partial charge in [-0.15, -0.1) is 0 Å². The normalized spacial score (nSPS) is 36.6. The molecule has 0 aromatic heterocycles. The number of aliphatic hydroxyl groups is 2. The third-order valence-electron chi connectivity index (χ3n) is 5.11. The molecule has 1 saturated carbocycles. The first-order chi connectivity index (χ1) is 10.3. The molecule has 1 aliphatic heterocycles. The number of hydrogen-bond donors (Lipinski definition) is 2. The van der Waals surface area contributed by atoms with Gasteiger partial charge in [0.2, 0.25) is 6.17 Å². The van der Waals surface area contributed by atoms with Crippen LogP contribution in [-0.2, 0) is 9.53 Å². The molecule has 1 heterocycles. The Bertz CT molecular complexity index is 434. The Morgan fingerprint density at radius 3 is 2.82 bits per heavy atom. The van der Waals surface area contributed by atoms with E-state index in [4.69, 9.17) is 4.74 Å². The zero-order chi connectivity index (χ0) is 16.5. The van der Waals surface area contributed by atoms with Gasteiger partial charge in [-0.25, -0.2) is 9.18 Å². The maximum Gasteiger partial charge on any atom is 0.341 e. The quantitative estimate of drug-likeness (QED) is 0.583. The van der Waals surface area contributed by atoms with Gasteiger partial charge in [0, 0.05) is 18.3 Å². The van der Waals surface area contributed by atoms with Crippen LogP contribution in [0.25, 0.3) is 0 Å². The fourth-order valence-electron chi connectivity index (χ4n) is 3.47. The van der Waals surface area contributed by atoms with Crippen LogP contribution in [0.3, 0.4) is 0 Å². The molecule has 1 aliphatic carbocycles. The summed E-state index contributed by atoms with van der Waals surface area (Å²) >= 11 is 0. The van der Waals surface area contributed by atoms with Gasteiger partial charge in [-0.1, -0.05) is 45.8 Å². The van der Waals surface area contributed by atoms with E-state index in [0.717, 1.165) is 19.3 Å². The summed E-state index contributed by atoms with van der Waals surface area (Å²) in [6, 6.07) is 0. The number of ether oxygens (including phenoxy) is 1. The summed E-state index contributed by atoms with van der Waals surface area (Å²) in [4.78, 5) is 11.3. The largest absolute Gasteiger partial charge is 0.460 e. The van der Waals surface area contributed by atoms with E-state index >= 15 is 0 Å². The van der Waals surface area contributed by atoms with Gasteiger partial charge in [0.15, 0.2) is 0 Å². The second kappa shape index (κ2) is 6.67. The number of unbranched alkanes of at least 4 members (excludes halogenated alkanes) is 1. The van der Waals surface area contributed by atoms with Crippen molar-refractivity contribution in [2.75, 3.05) is 0 Å². The first-order valence-electron chi connectivity index (χ1n) is 8.17. The van der Waals surface area contributed by atoms with E-state index in [2.05, 4.69) is 6.92 Å². The van der Waals surface area contributed by atoms with Gasteiger partial charge in [-0.2, -0.15) is 0 Å². The van der Waals surface area contributed by atoms with E-state index < -0.39 is 42.3 Å². The van der Waals surface area contributed by atoms with E-state index in [0.29, 0.717) is 0 Å². The standard InChI is InChI=1S/C17H27FO4/c1-4-5-8-17(2,3)13(20)7-6-10-11(19)9-12-14(10)15(18)16(21)22-12/h6-7,10-15,19-20H,4-5,8-9H2,1-3H3/b7-6+/t10-,11+,12-,13?,14+,15-/m0/s1. The van der Waals surface area contributed by atoms with Crippen molar-refractivity contribution in [3.8, 4) is 0 Å². The molecule has 0 aromatic carbocycles. The van der Waals surface area contributed by atoms with Gasteiger partial charge in [0.1, 0.15) is 6.10 Å². The Balaban J connectivity index is 2.04. The monoisotopic (exact) mass is 314 g/mol. The highest BCUT2D eigenvalue weighted by atomic mass is 19.1. The van der Waals surface area contributed by atoms with Crippen molar-refractivity contribution in [2.24, 2.45) is 17.3 Å². The van der Waals surface area contributed by atoms with Crippen LogP contribution in [0.4, 0.5) is 4.39 Å². The number of halogens is 1. The zero-order valence-corrected chi connectivity index (χ0v) is 13.5. The second-order valence-electron chi connectivity index (χ2n) is 7.26. The highest BCUT2D eigenvalue weighted by molar-refractivity contribution is 5.77. The van der Waals surface area contributed by atoms with Crippen LogP contribution in [0.5, 0.6) is 0 Å². The number of fused-ring (bicyclic) bond motifs is 1. The SMILES string of the molecule is CCCCC(C)(C)C(O)/C=C/[C@@H]1[C@@H]2[C@H](C[C@H]1O)OC(=O)[C@H]2F. The van der Waals surface area contributed by atoms with E-state index in [1.165, 1.54) is 0 Å². The molecular formula is C17H27FO4. The maximum absolute atomic E-state index is 13.9. The first kappa shape index (κ1) is 17.4. The van der Waals surface area contributed by atoms with Crippen molar-refractivity contribution in [2.45, 2.75) is 70.9 Å². The molecule has 0 bridgehead atoms. The Hall–Kier alpha value is -0.940. The minimum atomic E-state index is -1.68. The molecule has 1 saturated heterocycles. The average molecular weight is 314 g/mol. The van der Waals surface area contributed by atoms with Crippen LogP contribution >= 0.6 is 0 Å². The molecule has 1 unspecified atom stereocenters. The summed E-state index contributed by atoms with van der Waals surface area (Å²) in [6.07, 6.45) is 2.94. The van der Waals surface area contributed by atoms with Crippen molar-refractivity contribution in [3.05, 3.63) is 12.2 Å². The van der Waals surface area contributed by atoms with Gasteiger partial charge in [-0.05, 0) is 11.8 Å². The lowest BCUT2D eigenvalue weighted by atomic mass is 9.80. The highest BCUT2D eigenvalue weighted by Crippen LogP contribution is 2.43. The molecule has 0 spiro atoms. The summed E-state index contributed by atoms with van der Waals surface area (Å²) in [7, 11) is 0. The molecule has 4 nitrogen and oxygen atoms in total. The topological polar surface area (TPSA) is 66.8 Å². The van der Waals surface area contributed by atoms with E-state index in [-0.39, 0.29) is 11.8 Å². The number of alkyl halides is 1. The van der Waals surface area contributed by atoms with Crippen molar-refractivity contribution >= 4 is 5.97 Å². The molecule has 5 heteroatoms.